The Morgan fingerprint density at radius 1 is 0.923 bits per heavy atom. The van der Waals surface area contributed by atoms with Crippen molar-refractivity contribution in [2.75, 3.05) is 17.2 Å². The van der Waals surface area contributed by atoms with Crippen LogP contribution in [0.25, 0.3) is 11.3 Å². The van der Waals surface area contributed by atoms with Gasteiger partial charge in [-0.2, -0.15) is 4.98 Å². The first kappa shape index (κ1) is 17.9. The maximum atomic E-state index is 13.8. The van der Waals surface area contributed by atoms with Crippen LogP contribution in [0.4, 0.5) is 16.2 Å². The van der Waals surface area contributed by atoms with E-state index in [1.807, 2.05) is 42.5 Å². The fraction of sp³-hybridized carbons (Fsp3) is 0.238. The number of benzene rings is 2. The predicted molar refractivity (Wildman–Crippen MR) is 105 cm³/mol. The minimum atomic E-state index is -0.223. The molecule has 3 aromatic rings. The lowest BCUT2D eigenvalue weighted by atomic mass is 10.1. The lowest BCUT2D eigenvalue weighted by Gasteiger charge is -2.12. The van der Waals surface area contributed by atoms with Crippen molar-refractivity contribution in [3.8, 4) is 11.3 Å². The Morgan fingerprint density at radius 3 is 2.46 bits per heavy atom. The fourth-order valence-corrected chi connectivity index (χ4v) is 2.58. The zero-order valence-electron chi connectivity index (χ0n) is 14.9. The molecule has 0 fully saturated rings. The first-order valence-electron chi connectivity index (χ1n) is 8.92. The highest BCUT2D eigenvalue weighted by molar-refractivity contribution is 5.64. The van der Waals surface area contributed by atoms with Crippen molar-refractivity contribution in [3.05, 3.63) is 72.0 Å². The Balaban J connectivity index is 1.83. The molecule has 134 valence electrons. The van der Waals surface area contributed by atoms with Crippen molar-refractivity contribution < 1.29 is 4.39 Å². The molecule has 0 aliphatic carbocycles. The van der Waals surface area contributed by atoms with Gasteiger partial charge in [0.25, 0.3) is 0 Å². The summed E-state index contributed by atoms with van der Waals surface area (Å²) in [5.41, 5.74) is 2.45. The third-order valence-electron chi connectivity index (χ3n) is 4.03. The van der Waals surface area contributed by atoms with Crippen LogP contribution in [-0.4, -0.2) is 16.5 Å². The summed E-state index contributed by atoms with van der Waals surface area (Å²) in [6.07, 6.45) is 2.15. The number of hydrogen-bond acceptors (Lipinski definition) is 4. The Bertz CT molecular complexity index is 836. The molecule has 0 amide bonds. The topological polar surface area (TPSA) is 49.8 Å². The quantitative estimate of drug-likeness (QED) is 0.555. The number of rotatable bonds is 8. The van der Waals surface area contributed by atoms with Gasteiger partial charge in [0, 0.05) is 30.3 Å². The number of halogens is 1. The van der Waals surface area contributed by atoms with Crippen LogP contribution in [0.2, 0.25) is 0 Å². The molecule has 1 heterocycles. The summed E-state index contributed by atoms with van der Waals surface area (Å²) in [5, 5.41) is 6.48. The summed E-state index contributed by atoms with van der Waals surface area (Å²) in [5.74, 6) is 1.02. The standard InChI is InChI=1S/C21H23FN4/c1-2-3-13-23-21-25-19(16-9-5-4-6-10-16)14-20(26-21)24-15-17-11-7-8-12-18(17)22/h4-12,14H,2-3,13,15H2,1H3,(H2,23,24,25,26). The van der Waals surface area contributed by atoms with Gasteiger partial charge < -0.3 is 10.6 Å². The van der Waals surface area contributed by atoms with E-state index in [-0.39, 0.29) is 5.82 Å². The summed E-state index contributed by atoms with van der Waals surface area (Å²) in [7, 11) is 0. The van der Waals surface area contributed by atoms with E-state index < -0.39 is 0 Å². The van der Waals surface area contributed by atoms with Crippen LogP contribution in [0.1, 0.15) is 25.3 Å². The molecule has 0 radical (unpaired) electrons. The molecule has 0 atom stereocenters. The van der Waals surface area contributed by atoms with Gasteiger partial charge >= 0.3 is 0 Å². The molecule has 0 saturated heterocycles. The maximum absolute atomic E-state index is 13.8. The molecule has 0 unspecified atom stereocenters. The Morgan fingerprint density at radius 2 is 1.69 bits per heavy atom. The van der Waals surface area contributed by atoms with Crippen LogP contribution in [0.5, 0.6) is 0 Å². The number of unbranched alkanes of at least 4 members (excludes halogenated alkanes) is 1. The minimum absolute atomic E-state index is 0.223. The van der Waals surface area contributed by atoms with Gasteiger partial charge in [0.05, 0.1) is 5.69 Å². The smallest absolute Gasteiger partial charge is 0.225 e. The Kier molecular flexibility index (Phi) is 6.14. The number of nitrogens with zero attached hydrogens (tertiary/aromatic N) is 2. The molecule has 4 nitrogen and oxygen atoms in total. The normalized spacial score (nSPS) is 10.5. The van der Waals surface area contributed by atoms with Crippen LogP contribution >= 0.6 is 0 Å². The summed E-state index contributed by atoms with van der Waals surface area (Å²) < 4.78 is 13.8. The van der Waals surface area contributed by atoms with Crippen LogP contribution in [0, 0.1) is 5.82 Å². The van der Waals surface area contributed by atoms with Crippen molar-refractivity contribution in [3.63, 3.8) is 0 Å². The van der Waals surface area contributed by atoms with Crippen molar-refractivity contribution in [2.45, 2.75) is 26.3 Å². The van der Waals surface area contributed by atoms with Crippen LogP contribution < -0.4 is 10.6 Å². The van der Waals surface area contributed by atoms with Gasteiger partial charge in [0.15, 0.2) is 0 Å². The summed E-state index contributed by atoms with van der Waals surface area (Å²) in [6.45, 7) is 3.33. The molecule has 0 aliphatic heterocycles. The zero-order chi connectivity index (χ0) is 18.2. The predicted octanol–water partition coefficient (Wildman–Crippen LogP) is 5.11. The average molecular weight is 350 g/mol. The van der Waals surface area contributed by atoms with E-state index in [4.69, 9.17) is 0 Å². The second-order valence-corrected chi connectivity index (χ2v) is 6.05. The fourth-order valence-electron chi connectivity index (χ4n) is 2.58. The van der Waals surface area contributed by atoms with Gasteiger partial charge in [-0.05, 0) is 12.5 Å². The monoisotopic (exact) mass is 350 g/mol. The van der Waals surface area contributed by atoms with Crippen molar-refractivity contribution in [2.24, 2.45) is 0 Å². The lowest BCUT2D eigenvalue weighted by Crippen LogP contribution is -2.09. The van der Waals surface area contributed by atoms with E-state index in [2.05, 4.69) is 27.5 Å². The molecule has 0 aliphatic rings. The maximum Gasteiger partial charge on any atom is 0.225 e. The molecule has 0 spiro atoms. The highest BCUT2D eigenvalue weighted by Crippen LogP contribution is 2.22. The number of anilines is 2. The van der Waals surface area contributed by atoms with Crippen molar-refractivity contribution in [1.29, 1.82) is 0 Å². The van der Waals surface area contributed by atoms with E-state index in [0.717, 1.165) is 30.6 Å². The van der Waals surface area contributed by atoms with E-state index >= 15 is 0 Å². The van der Waals surface area contributed by atoms with Crippen LogP contribution in [0.3, 0.4) is 0 Å². The largest absolute Gasteiger partial charge is 0.366 e. The zero-order valence-corrected chi connectivity index (χ0v) is 14.9. The van der Waals surface area contributed by atoms with E-state index in [9.17, 15) is 4.39 Å². The highest BCUT2D eigenvalue weighted by atomic mass is 19.1. The molecule has 2 aromatic carbocycles. The highest BCUT2D eigenvalue weighted by Gasteiger charge is 2.08. The second-order valence-electron chi connectivity index (χ2n) is 6.05. The Hall–Kier alpha value is -2.95. The third kappa shape index (κ3) is 4.79. The molecule has 1 aromatic heterocycles. The van der Waals surface area contributed by atoms with Gasteiger partial charge in [-0.25, -0.2) is 9.37 Å². The van der Waals surface area contributed by atoms with Gasteiger partial charge in [-0.15, -0.1) is 0 Å². The van der Waals surface area contributed by atoms with Gasteiger partial charge in [0.1, 0.15) is 11.6 Å². The molecule has 26 heavy (non-hydrogen) atoms. The molecule has 0 saturated carbocycles. The van der Waals surface area contributed by atoms with E-state index in [0.29, 0.717) is 23.9 Å². The summed E-state index contributed by atoms with van der Waals surface area (Å²) in [6, 6.07) is 18.6. The SMILES string of the molecule is CCCCNc1nc(NCc2ccccc2F)cc(-c2ccccc2)n1. The van der Waals surface area contributed by atoms with Gasteiger partial charge in [-0.1, -0.05) is 61.9 Å². The second kappa shape index (κ2) is 8.94. The lowest BCUT2D eigenvalue weighted by molar-refractivity contribution is 0.613. The molecular formula is C21H23FN4. The molecular weight excluding hydrogens is 327 g/mol. The van der Waals surface area contributed by atoms with Crippen molar-refractivity contribution in [1.82, 2.24) is 9.97 Å². The van der Waals surface area contributed by atoms with Gasteiger partial charge in [0.2, 0.25) is 5.95 Å². The minimum Gasteiger partial charge on any atom is -0.366 e. The third-order valence-corrected chi connectivity index (χ3v) is 4.03. The van der Waals surface area contributed by atoms with Crippen LogP contribution in [0.15, 0.2) is 60.7 Å². The summed E-state index contributed by atoms with van der Waals surface area (Å²) in [4.78, 5) is 9.13. The first-order valence-corrected chi connectivity index (χ1v) is 8.92. The molecule has 0 bridgehead atoms. The van der Waals surface area contributed by atoms with Crippen LogP contribution in [-0.2, 0) is 6.54 Å². The number of hydrogen-bond donors (Lipinski definition) is 2. The Labute approximate surface area is 153 Å². The van der Waals surface area contributed by atoms with E-state index in [1.54, 1.807) is 12.1 Å². The molecule has 2 N–H and O–H groups in total. The van der Waals surface area contributed by atoms with Gasteiger partial charge in [-0.3, -0.25) is 0 Å². The van der Waals surface area contributed by atoms with E-state index in [1.165, 1.54) is 6.07 Å². The first-order chi connectivity index (χ1) is 12.8. The molecule has 3 rings (SSSR count). The number of aromatic nitrogens is 2. The number of nitrogens with one attached hydrogen (secondary N) is 2. The molecule has 5 heteroatoms. The van der Waals surface area contributed by atoms with Crippen molar-refractivity contribution >= 4 is 11.8 Å². The average Bonchev–Trinajstić information content (AvgIpc) is 2.68. The summed E-state index contributed by atoms with van der Waals surface area (Å²) >= 11 is 0.